The molecule has 0 saturated heterocycles. The summed E-state index contributed by atoms with van der Waals surface area (Å²) in [6, 6.07) is 0. The molecule has 0 aromatic carbocycles. The number of carbonyl (C=O) groups is 1. The number of hydrogen-bond acceptors (Lipinski definition) is 1. The molecule has 0 atom stereocenters. The molecule has 2 aliphatic rings. The van der Waals surface area contributed by atoms with Gasteiger partial charge in [-0.05, 0) is 31.6 Å². The van der Waals surface area contributed by atoms with Crippen LogP contribution >= 0.6 is 11.6 Å². The van der Waals surface area contributed by atoms with Crippen molar-refractivity contribution in [3.05, 3.63) is 0 Å². The standard InChI is InChI=1S/C9H14ClNO/c10-6-9(3-4-9)11-8(12)5-7-1-2-7/h7H,1-6H2,(H,11,12). The molecule has 2 nitrogen and oxygen atoms in total. The molecule has 68 valence electrons. The van der Waals surface area contributed by atoms with Crippen LogP contribution in [0, 0.1) is 5.92 Å². The largest absolute Gasteiger partial charge is 0.349 e. The van der Waals surface area contributed by atoms with Crippen LogP contribution in [0.15, 0.2) is 0 Å². The van der Waals surface area contributed by atoms with Crippen molar-refractivity contribution in [3.8, 4) is 0 Å². The lowest BCUT2D eigenvalue weighted by molar-refractivity contribution is -0.122. The van der Waals surface area contributed by atoms with E-state index in [4.69, 9.17) is 11.6 Å². The van der Waals surface area contributed by atoms with Gasteiger partial charge in [0.25, 0.3) is 0 Å². The van der Waals surface area contributed by atoms with Gasteiger partial charge in [-0.15, -0.1) is 11.6 Å². The fourth-order valence-corrected chi connectivity index (χ4v) is 1.71. The minimum Gasteiger partial charge on any atom is -0.349 e. The average molecular weight is 188 g/mol. The van der Waals surface area contributed by atoms with Crippen molar-refractivity contribution < 1.29 is 4.79 Å². The Morgan fingerprint density at radius 2 is 2.17 bits per heavy atom. The molecule has 12 heavy (non-hydrogen) atoms. The van der Waals surface area contributed by atoms with Gasteiger partial charge in [0.1, 0.15) is 0 Å². The second-order valence-corrected chi connectivity index (χ2v) is 4.38. The number of alkyl halides is 1. The lowest BCUT2D eigenvalue weighted by Crippen LogP contribution is -2.38. The highest BCUT2D eigenvalue weighted by molar-refractivity contribution is 6.19. The highest BCUT2D eigenvalue weighted by Crippen LogP contribution is 2.37. The Morgan fingerprint density at radius 3 is 2.58 bits per heavy atom. The molecule has 0 aromatic rings. The van der Waals surface area contributed by atoms with E-state index >= 15 is 0 Å². The molecule has 3 heteroatoms. The summed E-state index contributed by atoms with van der Waals surface area (Å²) < 4.78 is 0. The minimum absolute atomic E-state index is 0.00642. The van der Waals surface area contributed by atoms with Crippen molar-refractivity contribution in [2.24, 2.45) is 5.92 Å². The molecule has 0 aromatic heterocycles. The zero-order valence-electron chi connectivity index (χ0n) is 7.11. The SMILES string of the molecule is O=C(CC1CC1)NC1(CCl)CC1. The predicted molar refractivity (Wildman–Crippen MR) is 48.2 cm³/mol. The van der Waals surface area contributed by atoms with Gasteiger partial charge < -0.3 is 5.32 Å². The Balaban J connectivity index is 1.74. The molecule has 1 amide bonds. The molecule has 2 aliphatic carbocycles. The number of rotatable bonds is 4. The third kappa shape index (κ3) is 1.92. The molecular formula is C9H14ClNO. The summed E-state index contributed by atoms with van der Waals surface area (Å²) in [5.41, 5.74) is -0.00642. The number of hydrogen-bond donors (Lipinski definition) is 1. The van der Waals surface area contributed by atoms with E-state index in [1.165, 1.54) is 12.8 Å². The van der Waals surface area contributed by atoms with E-state index in [2.05, 4.69) is 5.32 Å². The molecular weight excluding hydrogens is 174 g/mol. The highest BCUT2D eigenvalue weighted by Gasteiger charge is 2.43. The van der Waals surface area contributed by atoms with E-state index < -0.39 is 0 Å². The van der Waals surface area contributed by atoms with Gasteiger partial charge in [-0.3, -0.25) is 4.79 Å². The van der Waals surface area contributed by atoms with Crippen molar-refractivity contribution >= 4 is 17.5 Å². The maximum atomic E-state index is 11.3. The Hall–Kier alpha value is -0.240. The quantitative estimate of drug-likeness (QED) is 0.667. The van der Waals surface area contributed by atoms with Crippen molar-refractivity contribution in [3.63, 3.8) is 0 Å². The van der Waals surface area contributed by atoms with Crippen molar-refractivity contribution in [1.29, 1.82) is 0 Å². The molecule has 2 rings (SSSR count). The molecule has 2 fully saturated rings. The van der Waals surface area contributed by atoms with Crippen LogP contribution in [0.4, 0.5) is 0 Å². The first-order chi connectivity index (χ1) is 5.74. The van der Waals surface area contributed by atoms with Crippen LogP contribution in [0.2, 0.25) is 0 Å². The molecule has 2 saturated carbocycles. The van der Waals surface area contributed by atoms with Gasteiger partial charge in [-0.1, -0.05) is 0 Å². The summed E-state index contributed by atoms with van der Waals surface area (Å²) >= 11 is 5.74. The second-order valence-electron chi connectivity index (χ2n) is 4.11. The first kappa shape index (κ1) is 8.36. The van der Waals surface area contributed by atoms with Gasteiger partial charge in [-0.2, -0.15) is 0 Å². The van der Waals surface area contributed by atoms with Gasteiger partial charge in [0, 0.05) is 12.3 Å². The Labute approximate surface area is 77.7 Å². The zero-order valence-corrected chi connectivity index (χ0v) is 7.86. The van der Waals surface area contributed by atoms with Gasteiger partial charge in [-0.25, -0.2) is 0 Å². The van der Waals surface area contributed by atoms with E-state index in [1.807, 2.05) is 0 Å². The fraction of sp³-hybridized carbons (Fsp3) is 0.889. The van der Waals surface area contributed by atoms with Crippen molar-refractivity contribution in [1.82, 2.24) is 5.32 Å². The Morgan fingerprint density at radius 1 is 1.50 bits per heavy atom. The van der Waals surface area contributed by atoms with Crippen LogP contribution in [0.1, 0.15) is 32.1 Å². The monoisotopic (exact) mass is 187 g/mol. The van der Waals surface area contributed by atoms with Crippen LogP contribution in [0.25, 0.3) is 0 Å². The fourth-order valence-electron chi connectivity index (χ4n) is 1.37. The molecule has 0 spiro atoms. The maximum Gasteiger partial charge on any atom is 0.220 e. The average Bonchev–Trinajstić information content (AvgIpc) is 2.86. The van der Waals surface area contributed by atoms with E-state index in [-0.39, 0.29) is 11.4 Å². The summed E-state index contributed by atoms with van der Waals surface area (Å²) in [7, 11) is 0. The first-order valence-corrected chi connectivity index (χ1v) is 5.14. The smallest absolute Gasteiger partial charge is 0.220 e. The topological polar surface area (TPSA) is 29.1 Å². The lowest BCUT2D eigenvalue weighted by Gasteiger charge is -2.13. The van der Waals surface area contributed by atoms with Crippen LogP contribution in [-0.4, -0.2) is 17.3 Å². The maximum absolute atomic E-state index is 11.3. The number of carbonyl (C=O) groups excluding carboxylic acids is 1. The highest BCUT2D eigenvalue weighted by atomic mass is 35.5. The molecule has 0 bridgehead atoms. The molecule has 1 N–H and O–H groups in total. The minimum atomic E-state index is -0.00642. The zero-order chi connectivity index (χ0) is 8.60. The number of nitrogens with one attached hydrogen (secondary N) is 1. The van der Waals surface area contributed by atoms with E-state index in [1.54, 1.807) is 0 Å². The lowest BCUT2D eigenvalue weighted by atomic mass is 10.2. The van der Waals surface area contributed by atoms with E-state index in [0.29, 0.717) is 11.8 Å². The molecule has 0 radical (unpaired) electrons. The Bertz CT molecular complexity index is 197. The normalized spacial score (nSPS) is 25.1. The van der Waals surface area contributed by atoms with Gasteiger partial charge in [0.05, 0.1) is 5.54 Å². The number of amides is 1. The van der Waals surface area contributed by atoms with Crippen molar-refractivity contribution in [2.45, 2.75) is 37.6 Å². The molecule has 0 heterocycles. The third-order valence-corrected chi connectivity index (χ3v) is 3.20. The molecule has 0 aliphatic heterocycles. The number of halogens is 1. The predicted octanol–water partition coefficient (Wildman–Crippen LogP) is 1.67. The second kappa shape index (κ2) is 2.91. The van der Waals surface area contributed by atoms with Gasteiger partial charge in [0.2, 0.25) is 5.91 Å². The van der Waals surface area contributed by atoms with Crippen LogP contribution in [-0.2, 0) is 4.79 Å². The van der Waals surface area contributed by atoms with E-state index in [9.17, 15) is 4.79 Å². The van der Waals surface area contributed by atoms with Gasteiger partial charge in [0.15, 0.2) is 0 Å². The van der Waals surface area contributed by atoms with Crippen LogP contribution in [0.3, 0.4) is 0 Å². The summed E-state index contributed by atoms with van der Waals surface area (Å²) in [4.78, 5) is 11.3. The van der Waals surface area contributed by atoms with Crippen molar-refractivity contribution in [2.75, 3.05) is 5.88 Å². The summed E-state index contributed by atoms with van der Waals surface area (Å²) in [5, 5.41) is 3.02. The summed E-state index contributed by atoms with van der Waals surface area (Å²) in [5.74, 6) is 1.45. The summed E-state index contributed by atoms with van der Waals surface area (Å²) in [6.07, 6.45) is 5.32. The van der Waals surface area contributed by atoms with E-state index in [0.717, 1.165) is 19.3 Å². The first-order valence-electron chi connectivity index (χ1n) is 4.61. The molecule has 0 unspecified atom stereocenters. The van der Waals surface area contributed by atoms with Crippen LogP contribution < -0.4 is 5.32 Å². The van der Waals surface area contributed by atoms with Gasteiger partial charge >= 0.3 is 0 Å². The summed E-state index contributed by atoms with van der Waals surface area (Å²) in [6.45, 7) is 0. The Kier molecular flexibility index (Phi) is 2.03. The third-order valence-electron chi connectivity index (χ3n) is 2.68. The van der Waals surface area contributed by atoms with Crippen LogP contribution in [0.5, 0.6) is 0 Å².